The van der Waals surface area contributed by atoms with Crippen LogP contribution in [0, 0.1) is 0 Å². The molecule has 1 aromatic rings. The summed E-state index contributed by atoms with van der Waals surface area (Å²) in [5.41, 5.74) is 5.34. The summed E-state index contributed by atoms with van der Waals surface area (Å²) in [6.45, 7) is 0. The molecule has 0 unspecified atom stereocenters. The van der Waals surface area contributed by atoms with Crippen molar-refractivity contribution in [2.45, 2.75) is 4.90 Å². The number of aromatic amines is 1. The van der Waals surface area contributed by atoms with Crippen molar-refractivity contribution >= 4 is 15.8 Å². The van der Waals surface area contributed by atoms with Gasteiger partial charge in [-0.25, -0.2) is 8.42 Å². The average molecular weight is 206 g/mol. The third-order valence-electron chi connectivity index (χ3n) is 1.51. The lowest BCUT2D eigenvalue weighted by Gasteiger charge is -2.12. The monoisotopic (exact) mass is 206 g/mol. The van der Waals surface area contributed by atoms with E-state index in [1.165, 1.54) is 14.2 Å². The first-order valence-electron chi connectivity index (χ1n) is 3.32. The van der Waals surface area contributed by atoms with Crippen LogP contribution >= 0.6 is 0 Å². The normalized spacial score (nSPS) is 12.2. The number of sulfonamides is 1. The molecule has 0 saturated carbocycles. The largest absolute Gasteiger partial charge is 0.383 e. The Bertz CT molecular complexity index is 384. The van der Waals surface area contributed by atoms with Gasteiger partial charge in [0.1, 0.15) is 10.7 Å². The molecule has 0 atom stereocenters. The first-order valence-corrected chi connectivity index (χ1v) is 4.76. The number of H-pyrrole nitrogens is 1. The molecule has 0 aliphatic rings. The summed E-state index contributed by atoms with van der Waals surface area (Å²) in [7, 11) is -1.17. The van der Waals surface area contributed by atoms with Crippen LogP contribution in [-0.4, -0.2) is 37.2 Å². The minimum Gasteiger partial charge on any atom is -0.383 e. The Kier molecular flexibility index (Phi) is 2.55. The average Bonchev–Trinajstić information content (AvgIpc) is 2.50. The van der Waals surface area contributed by atoms with Crippen molar-refractivity contribution in [1.82, 2.24) is 14.7 Å². The lowest BCUT2D eigenvalue weighted by atomic mass is 10.7. The van der Waals surface area contributed by atoms with Crippen molar-refractivity contribution in [1.29, 1.82) is 0 Å². The lowest BCUT2D eigenvalue weighted by molar-refractivity contribution is -0.0258. The Morgan fingerprint density at radius 2 is 2.31 bits per heavy atom. The van der Waals surface area contributed by atoms with Gasteiger partial charge < -0.3 is 5.73 Å². The summed E-state index contributed by atoms with van der Waals surface area (Å²) >= 11 is 0. The van der Waals surface area contributed by atoms with E-state index in [1.807, 2.05) is 0 Å². The van der Waals surface area contributed by atoms with Gasteiger partial charge in [0.25, 0.3) is 10.0 Å². The van der Waals surface area contributed by atoms with E-state index in [1.54, 1.807) is 0 Å². The molecule has 13 heavy (non-hydrogen) atoms. The standard InChI is InChI=1S/C5H10N4O3S/c1-9(12-2)13(10,11)4-3-7-8-5(4)6/h3H,1-2H3,(H3,6,7,8). The molecule has 0 saturated heterocycles. The maximum atomic E-state index is 11.5. The van der Waals surface area contributed by atoms with Crippen LogP contribution in [0.2, 0.25) is 0 Å². The number of rotatable bonds is 3. The molecular formula is C5H10N4O3S. The zero-order valence-electron chi connectivity index (χ0n) is 7.18. The molecule has 0 radical (unpaired) electrons. The first-order chi connectivity index (χ1) is 6.00. The van der Waals surface area contributed by atoms with Crippen LogP contribution in [0.4, 0.5) is 5.82 Å². The summed E-state index contributed by atoms with van der Waals surface area (Å²) < 4.78 is 23.7. The van der Waals surface area contributed by atoms with E-state index in [9.17, 15) is 8.42 Å². The summed E-state index contributed by atoms with van der Waals surface area (Å²) in [4.78, 5) is 4.44. The zero-order valence-corrected chi connectivity index (χ0v) is 8.00. The highest BCUT2D eigenvalue weighted by Crippen LogP contribution is 2.17. The number of anilines is 1. The molecule has 0 bridgehead atoms. The fraction of sp³-hybridized carbons (Fsp3) is 0.400. The van der Waals surface area contributed by atoms with Crippen molar-refractivity contribution in [2.24, 2.45) is 0 Å². The number of hydrogen-bond acceptors (Lipinski definition) is 5. The van der Waals surface area contributed by atoms with E-state index < -0.39 is 10.0 Å². The number of nitrogens with one attached hydrogen (secondary N) is 1. The molecule has 0 aliphatic heterocycles. The molecule has 1 heterocycles. The predicted octanol–water partition coefficient (Wildman–Crippen LogP) is -0.826. The molecule has 74 valence electrons. The van der Waals surface area contributed by atoms with Gasteiger partial charge in [0.05, 0.1) is 13.3 Å². The summed E-state index contributed by atoms with van der Waals surface area (Å²) in [5.74, 6) is -0.0103. The highest BCUT2D eigenvalue weighted by atomic mass is 32.2. The summed E-state index contributed by atoms with van der Waals surface area (Å²) in [5, 5.41) is 5.81. The topological polar surface area (TPSA) is 101 Å². The second kappa shape index (κ2) is 3.32. The van der Waals surface area contributed by atoms with Crippen molar-refractivity contribution in [2.75, 3.05) is 19.9 Å². The van der Waals surface area contributed by atoms with E-state index in [0.29, 0.717) is 4.47 Å². The van der Waals surface area contributed by atoms with Gasteiger partial charge in [-0.1, -0.05) is 4.47 Å². The summed E-state index contributed by atoms with van der Waals surface area (Å²) in [6, 6.07) is 0. The van der Waals surface area contributed by atoms with E-state index in [0.717, 1.165) is 6.20 Å². The fourth-order valence-corrected chi connectivity index (χ4v) is 1.71. The van der Waals surface area contributed by atoms with Gasteiger partial charge in [-0.3, -0.25) is 9.94 Å². The van der Waals surface area contributed by atoms with E-state index in [2.05, 4.69) is 15.0 Å². The van der Waals surface area contributed by atoms with Crippen LogP contribution in [0.1, 0.15) is 0 Å². The van der Waals surface area contributed by atoms with E-state index >= 15 is 0 Å². The van der Waals surface area contributed by atoms with Gasteiger partial charge in [0.15, 0.2) is 0 Å². The van der Waals surface area contributed by atoms with Crippen molar-refractivity contribution in [3.63, 3.8) is 0 Å². The number of aromatic nitrogens is 2. The Balaban J connectivity index is 3.16. The van der Waals surface area contributed by atoms with Crippen LogP contribution in [0.3, 0.4) is 0 Å². The summed E-state index contributed by atoms with van der Waals surface area (Å²) in [6.07, 6.45) is 1.13. The second-order valence-electron chi connectivity index (χ2n) is 2.25. The highest BCUT2D eigenvalue weighted by molar-refractivity contribution is 7.89. The fourth-order valence-electron chi connectivity index (χ4n) is 0.727. The Morgan fingerprint density at radius 3 is 2.69 bits per heavy atom. The minimum absolute atomic E-state index is 0.0103. The molecular weight excluding hydrogens is 196 g/mol. The molecule has 8 heteroatoms. The second-order valence-corrected chi connectivity index (χ2v) is 4.15. The van der Waals surface area contributed by atoms with E-state index in [-0.39, 0.29) is 10.7 Å². The predicted molar refractivity (Wildman–Crippen MR) is 45.0 cm³/mol. The van der Waals surface area contributed by atoms with Crippen molar-refractivity contribution < 1.29 is 13.3 Å². The first kappa shape index (κ1) is 9.96. The highest BCUT2D eigenvalue weighted by Gasteiger charge is 2.24. The zero-order chi connectivity index (χ0) is 10.1. The Labute approximate surface area is 75.5 Å². The Morgan fingerprint density at radius 1 is 1.69 bits per heavy atom. The van der Waals surface area contributed by atoms with Gasteiger partial charge in [-0.2, -0.15) is 5.10 Å². The van der Waals surface area contributed by atoms with Gasteiger partial charge in [0.2, 0.25) is 0 Å². The molecule has 3 N–H and O–H groups in total. The van der Waals surface area contributed by atoms with Crippen molar-refractivity contribution in [3.05, 3.63) is 6.20 Å². The van der Waals surface area contributed by atoms with Gasteiger partial charge in [-0.05, 0) is 0 Å². The van der Waals surface area contributed by atoms with Crippen LogP contribution < -0.4 is 5.73 Å². The molecule has 0 aromatic carbocycles. The molecule has 0 spiro atoms. The molecule has 0 amide bonds. The molecule has 0 aliphatic carbocycles. The number of nitrogens with two attached hydrogens (primary N) is 1. The number of hydroxylamine groups is 1. The number of hydrogen-bond donors (Lipinski definition) is 2. The van der Waals surface area contributed by atoms with Crippen molar-refractivity contribution in [3.8, 4) is 0 Å². The van der Waals surface area contributed by atoms with Gasteiger partial charge in [-0.15, -0.1) is 0 Å². The third kappa shape index (κ3) is 1.64. The molecule has 1 aromatic heterocycles. The van der Waals surface area contributed by atoms with Crippen LogP contribution in [-0.2, 0) is 14.9 Å². The third-order valence-corrected chi connectivity index (χ3v) is 3.21. The number of nitrogen functional groups attached to an aromatic ring is 1. The van der Waals surface area contributed by atoms with Crippen LogP contribution in [0.25, 0.3) is 0 Å². The van der Waals surface area contributed by atoms with Gasteiger partial charge in [0, 0.05) is 7.05 Å². The smallest absolute Gasteiger partial charge is 0.269 e. The molecule has 7 nitrogen and oxygen atoms in total. The maximum absolute atomic E-state index is 11.5. The Hall–Kier alpha value is -1.12. The van der Waals surface area contributed by atoms with Crippen LogP contribution in [0.15, 0.2) is 11.1 Å². The lowest BCUT2D eigenvalue weighted by Crippen LogP contribution is -2.26. The number of nitrogens with zero attached hydrogens (tertiary/aromatic N) is 2. The quantitative estimate of drug-likeness (QED) is 0.629. The maximum Gasteiger partial charge on any atom is 0.269 e. The van der Waals surface area contributed by atoms with Crippen LogP contribution in [0.5, 0.6) is 0 Å². The minimum atomic E-state index is -3.68. The molecule has 1 rings (SSSR count). The SMILES string of the molecule is CON(C)S(=O)(=O)c1cn[nH]c1N. The van der Waals surface area contributed by atoms with Gasteiger partial charge >= 0.3 is 0 Å². The molecule has 0 fully saturated rings. The van der Waals surface area contributed by atoms with E-state index in [4.69, 9.17) is 5.73 Å².